The van der Waals surface area contributed by atoms with Gasteiger partial charge in [0, 0.05) is 19.1 Å². The van der Waals surface area contributed by atoms with Crippen LogP contribution in [0.15, 0.2) is 24.3 Å². The number of nitrogens with one attached hydrogen (secondary N) is 1. The van der Waals surface area contributed by atoms with Gasteiger partial charge in [-0.2, -0.15) is 5.10 Å². The molecule has 0 saturated carbocycles. The lowest BCUT2D eigenvalue weighted by Crippen LogP contribution is -2.30. The molecule has 0 radical (unpaired) electrons. The first-order chi connectivity index (χ1) is 10.0. The molecule has 2 rings (SSSR count). The van der Waals surface area contributed by atoms with E-state index in [-0.39, 0.29) is 0 Å². The topological polar surface area (TPSA) is 55.9 Å². The Morgan fingerprint density at radius 2 is 1.86 bits per heavy atom. The van der Waals surface area contributed by atoms with Gasteiger partial charge in [0.1, 0.15) is 0 Å². The fourth-order valence-corrected chi connectivity index (χ4v) is 2.40. The lowest BCUT2D eigenvalue weighted by Gasteiger charge is -2.15. The smallest absolute Gasteiger partial charge is 0.0844 e. The molecular formula is C16H23ClN4. The minimum absolute atomic E-state index is 0.313. The van der Waals surface area contributed by atoms with E-state index >= 15 is 0 Å². The second kappa shape index (κ2) is 7.07. The summed E-state index contributed by atoms with van der Waals surface area (Å²) in [5, 5.41) is 8.73. The molecule has 0 spiro atoms. The van der Waals surface area contributed by atoms with E-state index in [1.54, 1.807) is 0 Å². The molecule has 0 bridgehead atoms. The van der Waals surface area contributed by atoms with E-state index in [9.17, 15) is 0 Å². The first-order valence-corrected chi connectivity index (χ1v) is 7.59. The van der Waals surface area contributed by atoms with Gasteiger partial charge in [0.2, 0.25) is 0 Å². The van der Waals surface area contributed by atoms with Crippen molar-refractivity contribution in [3.63, 3.8) is 0 Å². The molecule has 1 aromatic carbocycles. The maximum absolute atomic E-state index is 6.17. The number of hydrogen-bond donors (Lipinski definition) is 2. The van der Waals surface area contributed by atoms with Gasteiger partial charge in [0.25, 0.3) is 0 Å². The normalized spacial score (nSPS) is 12.6. The average molecular weight is 307 g/mol. The minimum atomic E-state index is 0.313. The van der Waals surface area contributed by atoms with Crippen LogP contribution in [0.4, 0.5) is 0 Å². The lowest BCUT2D eigenvalue weighted by atomic mass is 10.1. The lowest BCUT2D eigenvalue weighted by molar-refractivity contribution is 0.444. The fourth-order valence-electron chi connectivity index (χ4n) is 2.26. The van der Waals surface area contributed by atoms with Crippen LogP contribution < -0.4 is 11.1 Å². The number of benzene rings is 1. The Hall–Kier alpha value is -1.36. The third kappa shape index (κ3) is 4.06. The standard InChI is InChI=1S/C16H23ClN4/c1-11(10-21-13(3)16(17)12(2)20-21)19-9-15-6-4-14(8-18)5-7-15/h4-7,11,19H,8-10,18H2,1-3H3. The van der Waals surface area contributed by atoms with Gasteiger partial charge in [-0.1, -0.05) is 35.9 Å². The molecule has 1 unspecified atom stereocenters. The Bertz CT molecular complexity index is 589. The highest BCUT2D eigenvalue weighted by Gasteiger charge is 2.11. The molecule has 3 N–H and O–H groups in total. The van der Waals surface area contributed by atoms with Gasteiger partial charge in [-0.3, -0.25) is 4.68 Å². The van der Waals surface area contributed by atoms with Crippen molar-refractivity contribution in [1.82, 2.24) is 15.1 Å². The van der Waals surface area contributed by atoms with Crippen molar-refractivity contribution in [2.45, 2.75) is 46.4 Å². The van der Waals surface area contributed by atoms with E-state index in [0.717, 1.165) is 35.1 Å². The monoisotopic (exact) mass is 306 g/mol. The summed E-state index contributed by atoms with van der Waals surface area (Å²) < 4.78 is 1.97. The van der Waals surface area contributed by atoms with Crippen LogP contribution >= 0.6 is 11.6 Å². The van der Waals surface area contributed by atoms with Crippen LogP contribution in [0, 0.1) is 13.8 Å². The van der Waals surface area contributed by atoms with Gasteiger partial charge in [0.15, 0.2) is 0 Å². The Morgan fingerprint density at radius 1 is 1.24 bits per heavy atom. The summed E-state index contributed by atoms with van der Waals surface area (Å²) >= 11 is 6.17. The second-order valence-electron chi connectivity index (χ2n) is 5.47. The van der Waals surface area contributed by atoms with Gasteiger partial charge in [0.05, 0.1) is 23.0 Å². The summed E-state index contributed by atoms with van der Waals surface area (Å²) in [4.78, 5) is 0. The fraction of sp³-hybridized carbons (Fsp3) is 0.438. The van der Waals surface area contributed by atoms with Crippen LogP contribution in [-0.4, -0.2) is 15.8 Å². The van der Waals surface area contributed by atoms with E-state index in [1.165, 1.54) is 5.56 Å². The number of nitrogens with zero attached hydrogens (tertiary/aromatic N) is 2. The predicted molar refractivity (Wildman–Crippen MR) is 87.3 cm³/mol. The van der Waals surface area contributed by atoms with Crippen LogP contribution in [0.2, 0.25) is 5.02 Å². The molecule has 0 aliphatic rings. The van der Waals surface area contributed by atoms with Crippen molar-refractivity contribution < 1.29 is 0 Å². The Labute approximate surface area is 131 Å². The molecule has 0 amide bonds. The second-order valence-corrected chi connectivity index (χ2v) is 5.85. The quantitative estimate of drug-likeness (QED) is 0.863. The van der Waals surface area contributed by atoms with Gasteiger partial charge in [-0.15, -0.1) is 0 Å². The minimum Gasteiger partial charge on any atom is -0.326 e. The van der Waals surface area contributed by atoms with Crippen LogP contribution in [0.3, 0.4) is 0 Å². The zero-order chi connectivity index (χ0) is 15.4. The highest BCUT2D eigenvalue weighted by atomic mass is 35.5. The van der Waals surface area contributed by atoms with Gasteiger partial charge in [-0.25, -0.2) is 0 Å². The number of rotatable bonds is 6. The van der Waals surface area contributed by atoms with Crippen molar-refractivity contribution in [2.24, 2.45) is 5.73 Å². The molecule has 1 aromatic heterocycles. The summed E-state index contributed by atoms with van der Waals surface area (Å²) in [6, 6.07) is 8.68. The molecule has 4 nitrogen and oxygen atoms in total. The first kappa shape index (κ1) is 16.0. The number of aromatic nitrogens is 2. The summed E-state index contributed by atoms with van der Waals surface area (Å²) in [7, 11) is 0. The number of hydrogen-bond acceptors (Lipinski definition) is 3. The number of halogens is 1. The maximum atomic E-state index is 6.17. The van der Waals surface area contributed by atoms with E-state index in [1.807, 2.05) is 18.5 Å². The van der Waals surface area contributed by atoms with Crippen molar-refractivity contribution in [2.75, 3.05) is 0 Å². The zero-order valence-electron chi connectivity index (χ0n) is 12.9. The summed E-state index contributed by atoms with van der Waals surface area (Å²) in [5.41, 5.74) is 9.92. The molecular weight excluding hydrogens is 284 g/mol. The van der Waals surface area contributed by atoms with Crippen LogP contribution in [0.1, 0.15) is 29.4 Å². The molecule has 0 aliphatic heterocycles. The van der Waals surface area contributed by atoms with Crippen molar-refractivity contribution in [3.8, 4) is 0 Å². The van der Waals surface area contributed by atoms with Crippen molar-refractivity contribution in [1.29, 1.82) is 0 Å². The van der Waals surface area contributed by atoms with Crippen LogP contribution in [0.5, 0.6) is 0 Å². The molecule has 2 aromatic rings. The van der Waals surface area contributed by atoms with Crippen LogP contribution in [-0.2, 0) is 19.6 Å². The molecule has 1 heterocycles. The molecule has 5 heteroatoms. The SMILES string of the molecule is Cc1nn(CC(C)NCc2ccc(CN)cc2)c(C)c1Cl. The van der Waals surface area contributed by atoms with Crippen molar-refractivity contribution >= 4 is 11.6 Å². The van der Waals surface area contributed by atoms with E-state index in [4.69, 9.17) is 17.3 Å². The van der Waals surface area contributed by atoms with E-state index in [2.05, 4.69) is 41.6 Å². The molecule has 114 valence electrons. The van der Waals surface area contributed by atoms with Crippen LogP contribution in [0.25, 0.3) is 0 Å². The third-order valence-corrected chi connectivity index (χ3v) is 4.20. The predicted octanol–water partition coefficient (Wildman–Crippen LogP) is 2.79. The average Bonchev–Trinajstić information content (AvgIpc) is 2.73. The number of aryl methyl sites for hydroxylation is 1. The Balaban J connectivity index is 1.89. The summed E-state index contributed by atoms with van der Waals surface area (Å²) in [5.74, 6) is 0. The molecule has 0 aliphatic carbocycles. The largest absolute Gasteiger partial charge is 0.326 e. The number of nitrogens with two attached hydrogens (primary N) is 1. The summed E-state index contributed by atoms with van der Waals surface area (Å²) in [6.45, 7) is 8.31. The Morgan fingerprint density at radius 3 is 2.38 bits per heavy atom. The highest BCUT2D eigenvalue weighted by molar-refractivity contribution is 6.31. The molecule has 21 heavy (non-hydrogen) atoms. The molecule has 0 fully saturated rings. The summed E-state index contributed by atoms with van der Waals surface area (Å²) in [6.07, 6.45) is 0. The molecule has 0 saturated heterocycles. The van der Waals surface area contributed by atoms with Gasteiger partial charge >= 0.3 is 0 Å². The van der Waals surface area contributed by atoms with E-state index < -0.39 is 0 Å². The van der Waals surface area contributed by atoms with Gasteiger partial charge in [-0.05, 0) is 31.9 Å². The molecule has 1 atom stereocenters. The Kier molecular flexibility index (Phi) is 5.39. The maximum Gasteiger partial charge on any atom is 0.0844 e. The first-order valence-electron chi connectivity index (χ1n) is 7.22. The van der Waals surface area contributed by atoms with Crippen molar-refractivity contribution in [3.05, 3.63) is 51.8 Å². The third-order valence-electron chi connectivity index (χ3n) is 3.65. The van der Waals surface area contributed by atoms with E-state index in [0.29, 0.717) is 12.6 Å². The zero-order valence-corrected chi connectivity index (χ0v) is 13.6. The highest BCUT2D eigenvalue weighted by Crippen LogP contribution is 2.19. The van der Waals surface area contributed by atoms with Gasteiger partial charge < -0.3 is 11.1 Å².